The van der Waals surface area contributed by atoms with Gasteiger partial charge in [0.25, 0.3) is 0 Å². The highest BCUT2D eigenvalue weighted by atomic mass is 32.2. The first-order chi connectivity index (χ1) is 5.56. The van der Waals surface area contributed by atoms with Gasteiger partial charge in [0, 0.05) is 23.5 Å². The summed E-state index contributed by atoms with van der Waals surface area (Å²) in [7, 11) is 0. The molecule has 2 unspecified atom stereocenters. The Morgan fingerprint density at radius 3 is 2.50 bits per heavy atom. The molecule has 2 atom stereocenters. The fourth-order valence-electron chi connectivity index (χ4n) is 0.847. The molecule has 0 aromatic carbocycles. The van der Waals surface area contributed by atoms with E-state index in [9.17, 15) is 4.79 Å². The van der Waals surface area contributed by atoms with Gasteiger partial charge in [-0.1, -0.05) is 13.8 Å². The van der Waals surface area contributed by atoms with E-state index in [2.05, 4.69) is 6.92 Å². The lowest BCUT2D eigenvalue weighted by Gasteiger charge is -2.14. The lowest BCUT2D eigenvalue weighted by Crippen LogP contribution is -2.16. The molecule has 0 bridgehead atoms. The molecule has 0 aliphatic rings. The maximum absolute atomic E-state index is 10.2. The summed E-state index contributed by atoms with van der Waals surface area (Å²) >= 11 is 1.75. The van der Waals surface area contributed by atoms with Crippen LogP contribution in [0.5, 0.6) is 0 Å². The zero-order valence-corrected chi connectivity index (χ0v) is 8.43. The van der Waals surface area contributed by atoms with Crippen LogP contribution in [0, 0.1) is 0 Å². The summed E-state index contributed by atoms with van der Waals surface area (Å²) in [5.41, 5.74) is 5.44. The molecule has 3 N–H and O–H groups in total. The van der Waals surface area contributed by atoms with E-state index in [1.807, 2.05) is 6.92 Å². The molecule has 0 rings (SSSR count). The van der Waals surface area contributed by atoms with Crippen molar-refractivity contribution < 1.29 is 9.90 Å². The Hall–Kier alpha value is -0.220. The second-order valence-electron chi connectivity index (χ2n) is 2.93. The minimum atomic E-state index is -0.720. The van der Waals surface area contributed by atoms with Crippen LogP contribution in [0.1, 0.15) is 26.7 Å². The Morgan fingerprint density at radius 1 is 1.50 bits per heavy atom. The summed E-state index contributed by atoms with van der Waals surface area (Å²) in [6.45, 7) is 4.75. The summed E-state index contributed by atoms with van der Waals surface area (Å²) in [5, 5.41) is 9.23. The monoisotopic (exact) mass is 191 g/mol. The average Bonchev–Trinajstić information content (AvgIpc) is 2.00. The van der Waals surface area contributed by atoms with Gasteiger partial charge >= 0.3 is 5.97 Å². The van der Waals surface area contributed by atoms with Gasteiger partial charge < -0.3 is 10.8 Å². The molecule has 0 aliphatic carbocycles. The smallest absolute Gasteiger partial charge is 0.303 e. The molecule has 12 heavy (non-hydrogen) atoms. The van der Waals surface area contributed by atoms with E-state index >= 15 is 0 Å². The second-order valence-corrected chi connectivity index (χ2v) is 4.81. The first-order valence-corrected chi connectivity index (χ1v) is 5.07. The van der Waals surface area contributed by atoms with Gasteiger partial charge in [0.15, 0.2) is 0 Å². The Morgan fingerprint density at radius 2 is 2.08 bits per heavy atom. The van der Waals surface area contributed by atoms with E-state index in [1.54, 1.807) is 11.8 Å². The fraction of sp³-hybridized carbons (Fsp3) is 0.875. The van der Waals surface area contributed by atoms with Crippen molar-refractivity contribution in [2.75, 3.05) is 6.54 Å². The van der Waals surface area contributed by atoms with Crippen molar-refractivity contribution in [3.8, 4) is 0 Å². The number of thioether (sulfide) groups is 1. The van der Waals surface area contributed by atoms with Crippen LogP contribution in [0.15, 0.2) is 0 Å². The van der Waals surface area contributed by atoms with Gasteiger partial charge in [-0.2, -0.15) is 11.8 Å². The second kappa shape index (κ2) is 6.31. The molecular weight excluding hydrogens is 174 g/mol. The topological polar surface area (TPSA) is 63.3 Å². The van der Waals surface area contributed by atoms with Gasteiger partial charge in [-0.15, -0.1) is 0 Å². The Labute approximate surface area is 77.7 Å². The van der Waals surface area contributed by atoms with Gasteiger partial charge in [0.05, 0.1) is 0 Å². The van der Waals surface area contributed by atoms with Crippen molar-refractivity contribution in [1.82, 2.24) is 0 Å². The van der Waals surface area contributed by atoms with Crippen LogP contribution in [0.2, 0.25) is 0 Å². The Bertz CT molecular complexity index is 141. The molecule has 0 saturated heterocycles. The van der Waals surface area contributed by atoms with Crippen LogP contribution >= 0.6 is 11.8 Å². The number of rotatable bonds is 6. The first kappa shape index (κ1) is 11.8. The molecular formula is C8H17NO2S. The third-order valence-electron chi connectivity index (χ3n) is 1.56. The summed E-state index contributed by atoms with van der Waals surface area (Å²) < 4.78 is 0. The molecule has 0 amide bonds. The van der Waals surface area contributed by atoms with Gasteiger partial charge in [0.1, 0.15) is 0 Å². The molecule has 72 valence electrons. The zero-order chi connectivity index (χ0) is 9.56. The number of nitrogens with two attached hydrogens (primary N) is 1. The molecule has 0 heterocycles. The summed E-state index contributed by atoms with van der Waals surface area (Å²) in [6, 6.07) is 0. The summed E-state index contributed by atoms with van der Waals surface area (Å²) in [5.74, 6) is -0.720. The van der Waals surface area contributed by atoms with Crippen molar-refractivity contribution in [3.05, 3.63) is 0 Å². The van der Waals surface area contributed by atoms with Gasteiger partial charge in [0.2, 0.25) is 0 Å². The SMILES string of the molecule is CC(CN)SC(C)CCC(=O)O. The highest BCUT2D eigenvalue weighted by Crippen LogP contribution is 2.20. The van der Waals surface area contributed by atoms with Gasteiger partial charge in [-0.3, -0.25) is 4.79 Å². The van der Waals surface area contributed by atoms with Gasteiger partial charge in [-0.05, 0) is 6.42 Å². The van der Waals surface area contributed by atoms with Crippen LogP contribution in [0.3, 0.4) is 0 Å². The van der Waals surface area contributed by atoms with E-state index in [1.165, 1.54) is 0 Å². The third-order valence-corrected chi connectivity index (χ3v) is 2.92. The molecule has 4 heteroatoms. The summed E-state index contributed by atoms with van der Waals surface area (Å²) in [6.07, 6.45) is 0.982. The lowest BCUT2D eigenvalue weighted by atomic mass is 10.2. The van der Waals surface area contributed by atoms with E-state index in [0.29, 0.717) is 17.0 Å². The number of hydrogen-bond donors (Lipinski definition) is 2. The molecule has 3 nitrogen and oxygen atoms in total. The van der Waals surface area contributed by atoms with E-state index in [0.717, 1.165) is 6.42 Å². The van der Waals surface area contributed by atoms with Crippen LogP contribution in [-0.2, 0) is 4.79 Å². The Balaban J connectivity index is 3.45. The first-order valence-electron chi connectivity index (χ1n) is 4.13. The minimum absolute atomic E-state index is 0.255. The number of hydrogen-bond acceptors (Lipinski definition) is 3. The molecule has 0 aromatic rings. The van der Waals surface area contributed by atoms with Crippen molar-refractivity contribution in [2.24, 2.45) is 5.73 Å². The largest absolute Gasteiger partial charge is 0.481 e. The molecule has 0 aliphatic heterocycles. The lowest BCUT2D eigenvalue weighted by molar-refractivity contribution is -0.137. The van der Waals surface area contributed by atoms with Crippen LogP contribution < -0.4 is 5.73 Å². The van der Waals surface area contributed by atoms with E-state index < -0.39 is 5.97 Å². The Kier molecular flexibility index (Phi) is 6.20. The standard InChI is InChI=1S/C8H17NO2S/c1-6(3-4-8(10)11)12-7(2)5-9/h6-7H,3-5,9H2,1-2H3,(H,10,11). The summed E-state index contributed by atoms with van der Waals surface area (Å²) in [4.78, 5) is 10.2. The van der Waals surface area contributed by atoms with Crippen molar-refractivity contribution in [2.45, 2.75) is 37.2 Å². The van der Waals surface area contributed by atoms with E-state index in [-0.39, 0.29) is 6.42 Å². The highest BCUT2D eigenvalue weighted by Gasteiger charge is 2.09. The quantitative estimate of drug-likeness (QED) is 0.664. The van der Waals surface area contributed by atoms with Gasteiger partial charge in [-0.25, -0.2) is 0 Å². The highest BCUT2D eigenvalue weighted by molar-refractivity contribution is 8.00. The van der Waals surface area contributed by atoms with Crippen LogP contribution in [-0.4, -0.2) is 28.1 Å². The average molecular weight is 191 g/mol. The minimum Gasteiger partial charge on any atom is -0.481 e. The number of carboxylic acids is 1. The molecule has 0 radical (unpaired) electrons. The maximum Gasteiger partial charge on any atom is 0.303 e. The predicted octanol–water partition coefficient (Wildman–Crippen LogP) is 1.32. The maximum atomic E-state index is 10.2. The molecule has 0 saturated carbocycles. The predicted molar refractivity (Wildman–Crippen MR) is 52.4 cm³/mol. The third kappa shape index (κ3) is 6.49. The number of carboxylic acid groups (broad SMARTS) is 1. The van der Waals surface area contributed by atoms with Crippen molar-refractivity contribution in [3.63, 3.8) is 0 Å². The van der Waals surface area contributed by atoms with Crippen molar-refractivity contribution in [1.29, 1.82) is 0 Å². The zero-order valence-electron chi connectivity index (χ0n) is 7.62. The number of carbonyl (C=O) groups is 1. The van der Waals surface area contributed by atoms with E-state index in [4.69, 9.17) is 10.8 Å². The fourth-order valence-corrected chi connectivity index (χ4v) is 2.01. The van der Waals surface area contributed by atoms with Crippen LogP contribution in [0.25, 0.3) is 0 Å². The molecule has 0 fully saturated rings. The van der Waals surface area contributed by atoms with Crippen molar-refractivity contribution >= 4 is 17.7 Å². The number of aliphatic carboxylic acids is 1. The normalized spacial score (nSPS) is 15.6. The van der Waals surface area contributed by atoms with Crippen LogP contribution in [0.4, 0.5) is 0 Å². The molecule has 0 aromatic heterocycles. The molecule has 0 spiro atoms.